The number of aromatic nitrogens is 2. The van der Waals surface area contributed by atoms with Gasteiger partial charge < -0.3 is 14.8 Å². The van der Waals surface area contributed by atoms with E-state index in [4.69, 9.17) is 9.47 Å². The van der Waals surface area contributed by atoms with E-state index in [2.05, 4.69) is 15.5 Å². The molecule has 1 aliphatic heterocycles. The van der Waals surface area contributed by atoms with Crippen molar-refractivity contribution in [3.05, 3.63) is 64.6 Å². The van der Waals surface area contributed by atoms with Crippen molar-refractivity contribution in [1.29, 1.82) is 0 Å². The lowest BCUT2D eigenvalue weighted by molar-refractivity contribution is -0.123. The number of aromatic amines is 1. The van der Waals surface area contributed by atoms with Gasteiger partial charge in [0.15, 0.2) is 11.8 Å². The maximum absolute atomic E-state index is 12.8. The summed E-state index contributed by atoms with van der Waals surface area (Å²) in [5.74, 6) is -1.55. The molecule has 2 heterocycles. The molecule has 2 aromatic carbocycles. The van der Waals surface area contributed by atoms with Gasteiger partial charge in [-0.3, -0.25) is 9.59 Å². The number of H-pyrrole nitrogens is 1. The minimum atomic E-state index is -3.74. The molecule has 178 valence electrons. The second-order valence-corrected chi connectivity index (χ2v) is 9.47. The number of esters is 1. The molecule has 0 radical (unpaired) electrons. The largest absolute Gasteiger partial charge is 0.448 e. The summed E-state index contributed by atoms with van der Waals surface area (Å²) in [5.41, 5.74) is -0.354. The number of carbonyl (C=O) groups is 2. The lowest BCUT2D eigenvalue weighted by Crippen LogP contribution is -2.40. The fourth-order valence-corrected chi connectivity index (χ4v) is 4.91. The third-order valence-electron chi connectivity index (χ3n) is 5.25. The topological polar surface area (TPSA) is 148 Å². The molecule has 12 heteroatoms. The van der Waals surface area contributed by atoms with Gasteiger partial charge in [-0.05, 0) is 31.2 Å². The Labute approximate surface area is 194 Å². The van der Waals surface area contributed by atoms with Crippen molar-refractivity contribution in [1.82, 2.24) is 14.5 Å². The monoisotopic (exact) mass is 486 g/mol. The van der Waals surface area contributed by atoms with Gasteiger partial charge >= 0.3 is 5.97 Å². The van der Waals surface area contributed by atoms with Crippen LogP contribution < -0.4 is 10.9 Å². The summed E-state index contributed by atoms with van der Waals surface area (Å²) < 4.78 is 37.5. The van der Waals surface area contributed by atoms with Crippen LogP contribution in [0.15, 0.2) is 58.2 Å². The van der Waals surface area contributed by atoms with Crippen molar-refractivity contribution in [2.45, 2.75) is 17.9 Å². The summed E-state index contributed by atoms with van der Waals surface area (Å²) in [5, 5.41) is 9.12. The number of ether oxygens (including phenoxy) is 2. The maximum atomic E-state index is 12.8. The van der Waals surface area contributed by atoms with Crippen LogP contribution in [0.5, 0.6) is 0 Å². The SMILES string of the molecule is CC(OC(=O)c1n[nH]c(=O)c2ccccc12)C(=O)Nc1cccc(S(=O)(=O)N2CCOCC2)c1. The second kappa shape index (κ2) is 9.71. The van der Waals surface area contributed by atoms with Gasteiger partial charge in [0.2, 0.25) is 10.0 Å². The Kier molecular flexibility index (Phi) is 6.72. The van der Waals surface area contributed by atoms with Crippen molar-refractivity contribution in [2.24, 2.45) is 0 Å². The highest BCUT2D eigenvalue weighted by Gasteiger charge is 2.27. The van der Waals surface area contributed by atoms with E-state index in [-0.39, 0.29) is 34.8 Å². The lowest BCUT2D eigenvalue weighted by Gasteiger charge is -2.26. The zero-order valence-electron chi connectivity index (χ0n) is 18.2. The summed E-state index contributed by atoms with van der Waals surface area (Å²) in [6, 6.07) is 12.2. The van der Waals surface area contributed by atoms with Gasteiger partial charge in [0.05, 0.1) is 23.5 Å². The summed E-state index contributed by atoms with van der Waals surface area (Å²) in [7, 11) is -3.74. The van der Waals surface area contributed by atoms with E-state index in [1.165, 1.54) is 35.5 Å². The van der Waals surface area contributed by atoms with Crippen LogP contribution in [0, 0.1) is 0 Å². The molecule has 0 spiro atoms. The Morgan fingerprint density at radius 3 is 2.56 bits per heavy atom. The quantitative estimate of drug-likeness (QED) is 0.493. The first kappa shape index (κ1) is 23.5. The molecule has 1 amide bonds. The predicted octanol–water partition coefficient (Wildman–Crippen LogP) is 1.13. The van der Waals surface area contributed by atoms with Crippen molar-refractivity contribution in [2.75, 3.05) is 31.6 Å². The molecular weight excluding hydrogens is 464 g/mol. The number of carbonyl (C=O) groups excluding carboxylic acids is 2. The van der Waals surface area contributed by atoms with Crippen LogP contribution in [0.25, 0.3) is 10.8 Å². The standard InChI is InChI=1S/C22H22N4O7S/c1-14(33-22(29)19-17-7-2-3-8-18(17)21(28)25-24-19)20(27)23-15-5-4-6-16(13-15)34(30,31)26-9-11-32-12-10-26/h2-8,13-14H,9-12H2,1H3,(H,23,27)(H,25,28). The molecule has 1 fully saturated rings. The van der Waals surface area contributed by atoms with Gasteiger partial charge in [-0.25, -0.2) is 18.3 Å². The molecule has 2 N–H and O–H groups in total. The Morgan fingerprint density at radius 1 is 1.12 bits per heavy atom. The smallest absolute Gasteiger partial charge is 0.360 e. The van der Waals surface area contributed by atoms with E-state index in [1.807, 2.05) is 0 Å². The van der Waals surface area contributed by atoms with Crippen molar-refractivity contribution < 1.29 is 27.5 Å². The summed E-state index contributed by atoms with van der Waals surface area (Å²) >= 11 is 0. The van der Waals surface area contributed by atoms with Crippen LogP contribution in [0.1, 0.15) is 17.4 Å². The molecule has 4 rings (SSSR count). The van der Waals surface area contributed by atoms with Crippen LogP contribution in [0.3, 0.4) is 0 Å². The first-order chi connectivity index (χ1) is 16.3. The van der Waals surface area contributed by atoms with Gasteiger partial charge in [0, 0.05) is 24.2 Å². The van der Waals surface area contributed by atoms with Crippen LogP contribution in [0.2, 0.25) is 0 Å². The average molecular weight is 487 g/mol. The molecule has 1 aliphatic rings. The van der Waals surface area contributed by atoms with Crippen molar-refractivity contribution >= 4 is 38.4 Å². The van der Waals surface area contributed by atoms with E-state index in [0.717, 1.165) is 0 Å². The minimum Gasteiger partial charge on any atom is -0.448 e. The first-order valence-corrected chi connectivity index (χ1v) is 11.9. The van der Waals surface area contributed by atoms with Crippen LogP contribution in [-0.4, -0.2) is 67.2 Å². The number of morpholine rings is 1. The zero-order chi connectivity index (χ0) is 24.3. The molecule has 1 saturated heterocycles. The normalized spacial score (nSPS) is 15.6. The number of nitrogens with one attached hydrogen (secondary N) is 2. The highest BCUT2D eigenvalue weighted by Crippen LogP contribution is 2.21. The summed E-state index contributed by atoms with van der Waals surface area (Å²) in [4.78, 5) is 37.2. The van der Waals surface area contributed by atoms with Crippen molar-refractivity contribution in [3.8, 4) is 0 Å². The number of amides is 1. The zero-order valence-corrected chi connectivity index (χ0v) is 19.0. The number of nitrogens with zero attached hydrogens (tertiary/aromatic N) is 2. The molecule has 0 bridgehead atoms. The van der Waals surface area contributed by atoms with Crippen LogP contribution in [0.4, 0.5) is 5.69 Å². The summed E-state index contributed by atoms with van der Waals surface area (Å²) in [6.07, 6.45) is -1.22. The van der Waals surface area contributed by atoms with Gasteiger partial charge in [0.1, 0.15) is 0 Å². The fourth-order valence-electron chi connectivity index (χ4n) is 3.45. The number of rotatable bonds is 6. The second-order valence-electron chi connectivity index (χ2n) is 7.53. The Balaban J connectivity index is 1.46. The molecule has 34 heavy (non-hydrogen) atoms. The molecule has 0 saturated carbocycles. The van der Waals surface area contributed by atoms with Crippen molar-refractivity contribution in [3.63, 3.8) is 0 Å². The number of hydrogen-bond donors (Lipinski definition) is 2. The third kappa shape index (κ3) is 4.83. The van der Waals surface area contributed by atoms with E-state index in [1.54, 1.807) is 24.3 Å². The van der Waals surface area contributed by atoms with Gasteiger partial charge in [-0.1, -0.05) is 24.3 Å². The summed E-state index contributed by atoms with van der Waals surface area (Å²) in [6.45, 7) is 2.50. The number of anilines is 1. The number of benzene rings is 2. The fraction of sp³-hybridized carbons (Fsp3) is 0.273. The average Bonchev–Trinajstić information content (AvgIpc) is 2.85. The van der Waals surface area contributed by atoms with Gasteiger partial charge in [-0.15, -0.1) is 0 Å². The Bertz CT molecular complexity index is 1400. The molecule has 11 nitrogen and oxygen atoms in total. The van der Waals surface area contributed by atoms with E-state index >= 15 is 0 Å². The maximum Gasteiger partial charge on any atom is 0.360 e. The Hall–Kier alpha value is -3.61. The van der Waals surface area contributed by atoms with E-state index in [0.29, 0.717) is 18.6 Å². The van der Waals surface area contributed by atoms with Gasteiger partial charge in [-0.2, -0.15) is 9.40 Å². The number of sulfonamides is 1. The van der Waals surface area contributed by atoms with Crippen LogP contribution in [-0.2, 0) is 24.3 Å². The highest BCUT2D eigenvalue weighted by molar-refractivity contribution is 7.89. The molecular formula is C22H22N4O7S. The lowest BCUT2D eigenvalue weighted by atomic mass is 10.1. The molecule has 1 atom stereocenters. The predicted molar refractivity (Wildman–Crippen MR) is 122 cm³/mol. The number of fused-ring (bicyclic) bond motifs is 1. The van der Waals surface area contributed by atoms with Crippen LogP contribution >= 0.6 is 0 Å². The highest BCUT2D eigenvalue weighted by atomic mass is 32.2. The van der Waals surface area contributed by atoms with E-state index < -0.39 is 33.6 Å². The molecule has 1 aromatic heterocycles. The van der Waals surface area contributed by atoms with E-state index in [9.17, 15) is 22.8 Å². The minimum absolute atomic E-state index is 0.0285. The Morgan fingerprint density at radius 2 is 1.82 bits per heavy atom. The molecule has 0 aliphatic carbocycles. The molecule has 3 aromatic rings. The van der Waals surface area contributed by atoms with Gasteiger partial charge in [0.25, 0.3) is 11.5 Å². The first-order valence-electron chi connectivity index (χ1n) is 10.4. The molecule has 1 unspecified atom stereocenters. The third-order valence-corrected chi connectivity index (χ3v) is 7.15. The number of hydrogen-bond acceptors (Lipinski definition) is 8.